The Morgan fingerprint density at radius 2 is 2.24 bits per heavy atom. The molecule has 0 saturated carbocycles. The second-order valence-corrected chi connectivity index (χ2v) is 3.93. The number of aromatic nitrogens is 2. The van der Waals surface area contributed by atoms with Gasteiger partial charge in [0.2, 0.25) is 0 Å². The highest BCUT2D eigenvalue weighted by atomic mass is 16.3. The van der Waals surface area contributed by atoms with E-state index in [1.165, 1.54) is 0 Å². The standard InChI is InChI=1S/C12H16N4O/c1-9-10(3-4-17-9)8-16(2)12-7-14-6-11(5-13)15-12/h3-4,6-7H,5,8,13H2,1-2H3. The van der Waals surface area contributed by atoms with Crippen molar-refractivity contribution in [3.8, 4) is 0 Å². The van der Waals surface area contributed by atoms with Gasteiger partial charge in [-0.1, -0.05) is 0 Å². The van der Waals surface area contributed by atoms with Gasteiger partial charge in [0, 0.05) is 31.9 Å². The van der Waals surface area contributed by atoms with E-state index in [1.54, 1.807) is 18.7 Å². The number of aryl methyl sites for hydroxylation is 1. The van der Waals surface area contributed by atoms with Crippen LogP contribution < -0.4 is 10.6 Å². The average molecular weight is 232 g/mol. The van der Waals surface area contributed by atoms with Gasteiger partial charge >= 0.3 is 0 Å². The molecule has 0 fully saturated rings. The van der Waals surface area contributed by atoms with Crippen LogP contribution in [0.25, 0.3) is 0 Å². The zero-order chi connectivity index (χ0) is 12.3. The fourth-order valence-electron chi connectivity index (χ4n) is 1.59. The average Bonchev–Trinajstić information content (AvgIpc) is 2.75. The van der Waals surface area contributed by atoms with Gasteiger partial charge in [-0.05, 0) is 13.0 Å². The summed E-state index contributed by atoms with van der Waals surface area (Å²) in [6, 6.07) is 1.96. The maximum absolute atomic E-state index is 5.54. The van der Waals surface area contributed by atoms with Crippen LogP contribution in [0.3, 0.4) is 0 Å². The van der Waals surface area contributed by atoms with Gasteiger partial charge in [-0.25, -0.2) is 4.98 Å². The highest BCUT2D eigenvalue weighted by Gasteiger charge is 2.08. The Balaban J connectivity index is 2.14. The number of rotatable bonds is 4. The van der Waals surface area contributed by atoms with Crippen molar-refractivity contribution in [3.05, 3.63) is 41.7 Å². The van der Waals surface area contributed by atoms with Gasteiger partial charge in [-0.15, -0.1) is 0 Å². The van der Waals surface area contributed by atoms with Crippen LogP contribution in [0, 0.1) is 6.92 Å². The van der Waals surface area contributed by atoms with Crippen LogP contribution in [-0.4, -0.2) is 17.0 Å². The van der Waals surface area contributed by atoms with E-state index in [0.29, 0.717) is 6.54 Å². The van der Waals surface area contributed by atoms with Gasteiger partial charge in [-0.2, -0.15) is 0 Å². The molecule has 2 aromatic rings. The molecule has 0 aliphatic heterocycles. The summed E-state index contributed by atoms with van der Waals surface area (Å²) in [5.41, 5.74) is 7.48. The van der Waals surface area contributed by atoms with Crippen molar-refractivity contribution in [2.24, 2.45) is 5.73 Å². The zero-order valence-corrected chi connectivity index (χ0v) is 10.1. The van der Waals surface area contributed by atoms with Crippen molar-refractivity contribution in [3.63, 3.8) is 0 Å². The summed E-state index contributed by atoms with van der Waals surface area (Å²) >= 11 is 0. The fraction of sp³-hybridized carbons (Fsp3) is 0.333. The van der Waals surface area contributed by atoms with Crippen molar-refractivity contribution in [1.29, 1.82) is 0 Å². The smallest absolute Gasteiger partial charge is 0.147 e. The molecule has 2 aromatic heterocycles. The summed E-state index contributed by atoms with van der Waals surface area (Å²) in [7, 11) is 1.97. The van der Waals surface area contributed by atoms with Crippen LogP contribution in [0.15, 0.2) is 29.1 Å². The van der Waals surface area contributed by atoms with Gasteiger partial charge in [0.25, 0.3) is 0 Å². The molecule has 2 N–H and O–H groups in total. The molecule has 2 rings (SSSR count). The molecule has 0 aliphatic rings. The van der Waals surface area contributed by atoms with Crippen LogP contribution in [0.5, 0.6) is 0 Å². The minimum atomic E-state index is 0.402. The quantitative estimate of drug-likeness (QED) is 0.864. The van der Waals surface area contributed by atoms with E-state index >= 15 is 0 Å². The van der Waals surface area contributed by atoms with Gasteiger partial charge in [0.1, 0.15) is 11.6 Å². The normalized spacial score (nSPS) is 10.5. The third kappa shape index (κ3) is 2.62. The maximum atomic E-state index is 5.54. The van der Waals surface area contributed by atoms with Gasteiger partial charge in [0.05, 0.1) is 18.2 Å². The van der Waals surface area contributed by atoms with Crippen LogP contribution in [-0.2, 0) is 13.1 Å². The van der Waals surface area contributed by atoms with E-state index in [9.17, 15) is 0 Å². The monoisotopic (exact) mass is 232 g/mol. The number of furan rings is 1. The van der Waals surface area contributed by atoms with Crippen LogP contribution >= 0.6 is 0 Å². The molecular formula is C12H16N4O. The minimum absolute atomic E-state index is 0.402. The maximum Gasteiger partial charge on any atom is 0.147 e. The fourth-order valence-corrected chi connectivity index (χ4v) is 1.59. The second-order valence-electron chi connectivity index (χ2n) is 3.93. The Hall–Kier alpha value is -1.88. The summed E-state index contributed by atoms with van der Waals surface area (Å²) in [6.45, 7) is 3.09. The zero-order valence-electron chi connectivity index (χ0n) is 10.1. The number of hydrogen-bond acceptors (Lipinski definition) is 5. The molecule has 0 aromatic carbocycles. The lowest BCUT2D eigenvalue weighted by atomic mass is 10.2. The molecular weight excluding hydrogens is 216 g/mol. The van der Waals surface area contributed by atoms with Crippen molar-refractivity contribution in [1.82, 2.24) is 9.97 Å². The van der Waals surface area contributed by atoms with Gasteiger partial charge in [-0.3, -0.25) is 4.98 Å². The second kappa shape index (κ2) is 4.97. The van der Waals surface area contributed by atoms with E-state index in [2.05, 4.69) is 9.97 Å². The molecule has 5 nitrogen and oxygen atoms in total. The highest BCUT2D eigenvalue weighted by molar-refractivity contribution is 5.37. The van der Waals surface area contributed by atoms with E-state index < -0.39 is 0 Å². The first kappa shape index (κ1) is 11.6. The van der Waals surface area contributed by atoms with E-state index in [0.717, 1.165) is 29.4 Å². The van der Waals surface area contributed by atoms with Crippen LogP contribution in [0.4, 0.5) is 5.82 Å². The van der Waals surface area contributed by atoms with Crippen molar-refractivity contribution in [2.75, 3.05) is 11.9 Å². The molecule has 0 spiro atoms. The SMILES string of the molecule is Cc1occc1CN(C)c1cncc(CN)n1. The number of anilines is 1. The van der Waals surface area contributed by atoms with E-state index in [1.807, 2.05) is 24.9 Å². The molecule has 0 bridgehead atoms. The van der Waals surface area contributed by atoms with Gasteiger partial charge in [0.15, 0.2) is 0 Å². The van der Waals surface area contributed by atoms with Crippen molar-refractivity contribution < 1.29 is 4.42 Å². The lowest BCUT2D eigenvalue weighted by Gasteiger charge is -2.17. The predicted octanol–water partition coefficient (Wildman–Crippen LogP) is 1.47. The topological polar surface area (TPSA) is 68.2 Å². The molecule has 90 valence electrons. The lowest BCUT2D eigenvalue weighted by molar-refractivity contribution is 0.529. The Morgan fingerprint density at radius 3 is 2.88 bits per heavy atom. The molecule has 0 saturated heterocycles. The molecule has 2 heterocycles. The third-order valence-electron chi connectivity index (χ3n) is 2.65. The van der Waals surface area contributed by atoms with Crippen molar-refractivity contribution in [2.45, 2.75) is 20.0 Å². The Labute approximate surface area is 100 Å². The van der Waals surface area contributed by atoms with Crippen molar-refractivity contribution >= 4 is 5.82 Å². The van der Waals surface area contributed by atoms with Crippen LogP contribution in [0.1, 0.15) is 17.0 Å². The van der Waals surface area contributed by atoms with E-state index in [4.69, 9.17) is 10.2 Å². The first-order valence-corrected chi connectivity index (χ1v) is 5.46. The number of nitrogens with zero attached hydrogens (tertiary/aromatic N) is 3. The summed E-state index contributed by atoms with van der Waals surface area (Å²) in [5.74, 6) is 1.74. The van der Waals surface area contributed by atoms with Crippen LogP contribution in [0.2, 0.25) is 0 Å². The molecule has 0 radical (unpaired) electrons. The first-order chi connectivity index (χ1) is 8.20. The minimum Gasteiger partial charge on any atom is -0.469 e. The largest absolute Gasteiger partial charge is 0.469 e. The number of nitrogens with two attached hydrogens (primary N) is 1. The van der Waals surface area contributed by atoms with E-state index in [-0.39, 0.29) is 0 Å². The summed E-state index contributed by atoms with van der Waals surface area (Å²) < 4.78 is 5.26. The third-order valence-corrected chi connectivity index (χ3v) is 2.65. The lowest BCUT2D eigenvalue weighted by Crippen LogP contribution is -2.19. The Kier molecular flexibility index (Phi) is 3.39. The summed E-state index contributed by atoms with van der Waals surface area (Å²) in [6.07, 6.45) is 5.11. The molecule has 0 aliphatic carbocycles. The summed E-state index contributed by atoms with van der Waals surface area (Å²) in [5, 5.41) is 0. The predicted molar refractivity (Wildman–Crippen MR) is 65.5 cm³/mol. The number of hydrogen-bond donors (Lipinski definition) is 1. The highest BCUT2D eigenvalue weighted by Crippen LogP contribution is 2.15. The van der Waals surface area contributed by atoms with Gasteiger partial charge < -0.3 is 15.1 Å². The molecule has 0 atom stereocenters. The molecule has 0 amide bonds. The molecule has 0 unspecified atom stereocenters. The molecule has 5 heteroatoms. The Bertz CT molecular complexity index is 495. The Morgan fingerprint density at radius 1 is 1.41 bits per heavy atom. The summed E-state index contributed by atoms with van der Waals surface area (Å²) in [4.78, 5) is 10.5. The molecule has 17 heavy (non-hydrogen) atoms. The first-order valence-electron chi connectivity index (χ1n) is 5.46.